The molecule has 1 fully saturated rings. The lowest BCUT2D eigenvalue weighted by Crippen LogP contribution is -2.50. The minimum atomic E-state index is -0.417. The van der Waals surface area contributed by atoms with E-state index >= 15 is 0 Å². The van der Waals surface area contributed by atoms with E-state index in [1.165, 1.54) is 0 Å². The van der Waals surface area contributed by atoms with Crippen molar-refractivity contribution < 1.29 is 9.53 Å². The van der Waals surface area contributed by atoms with Gasteiger partial charge in [0.1, 0.15) is 5.60 Å². The van der Waals surface area contributed by atoms with Crippen LogP contribution in [0.25, 0.3) is 0 Å². The first-order chi connectivity index (χ1) is 8.35. The highest BCUT2D eigenvalue weighted by molar-refractivity contribution is 5.68. The highest BCUT2D eigenvalue weighted by atomic mass is 16.6. The van der Waals surface area contributed by atoms with Gasteiger partial charge < -0.3 is 15.0 Å². The molecule has 18 heavy (non-hydrogen) atoms. The topological polar surface area (TPSA) is 41.6 Å². The highest BCUT2D eigenvalue weighted by Gasteiger charge is 2.31. The van der Waals surface area contributed by atoms with E-state index in [1.807, 2.05) is 25.7 Å². The van der Waals surface area contributed by atoms with Crippen molar-refractivity contribution in [1.29, 1.82) is 0 Å². The summed E-state index contributed by atoms with van der Waals surface area (Å²) >= 11 is 0. The minimum Gasteiger partial charge on any atom is -0.444 e. The number of carbonyl (C=O) groups is 1. The molecule has 0 bridgehead atoms. The van der Waals surface area contributed by atoms with Crippen molar-refractivity contribution in [3.63, 3.8) is 0 Å². The molecule has 1 aliphatic rings. The number of carbonyl (C=O) groups excluding carboxylic acids is 1. The SMILES string of the molecule is CCC1C(C)CNCCCN1C(=O)OC(C)(C)C. The molecule has 106 valence electrons. The third-order valence-corrected chi connectivity index (χ3v) is 3.32. The van der Waals surface area contributed by atoms with Gasteiger partial charge in [-0.3, -0.25) is 0 Å². The molecule has 1 saturated heterocycles. The van der Waals surface area contributed by atoms with E-state index in [1.54, 1.807) is 0 Å². The second kappa shape index (κ2) is 6.41. The summed E-state index contributed by atoms with van der Waals surface area (Å²) < 4.78 is 5.52. The van der Waals surface area contributed by atoms with Gasteiger partial charge in [0, 0.05) is 12.6 Å². The third-order valence-electron chi connectivity index (χ3n) is 3.32. The van der Waals surface area contributed by atoms with E-state index in [9.17, 15) is 4.79 Å². The standard InChI is InChI=1S/C14H28N2O2/c1-6-12-11(2)10-15-8-7-9-16(12)13(17)18-14(3,4)5/h11-12,15H,6-10H2,1-5H3. The lowest BCUT2D eigenvalue weighted by atomic mass is 9.96. The predicted molar refractivity (Wildman–Crippen MR) is 73.7 cm³/mol. The molecule has 0 aromatic carbocycles. The molecule has 0 aromatic rings. The fraction of sp³-hybridized carbons (Fsp3) is 0.929. The Kier molecular flexibility index (Phi) is 5.45. The van der Waals surface area contributed by atoms with E-state index < -0.39 is 5.60 Å². The number of nitrogens with one attached hydrogen (secondary N) is 1. The zero-order valence-electron chi connectivity index (χ0n) is 12.5. The molecule has 2 atom stereocenters. The van der Waals surface area contributed by atoms with E-state index in [0.717, 1.165) is 32.5 Å². The maximum absolute atomic E-state index is 12.3. The van der Waals surface area contributed by atoms with Crippen LogP contribution in [0.3, 0.4) is 0 Å². The van der Waals surface area contributed by atoms with Crippen molar-refractivity contribution in [2.24, 2.45) is 5.92 Å². The van der Waals surface area contributed by atoms with E-state index in [-0.39, 0.29) is 12.1 Å². The predicted octanol–water partition coefficient (Wildman–Crippen LogP) is 2.63. The minimum absolute atomic E-state index is 0.164. The molecule has 0 saturated carbocycles. The van der Waals surface area contributed by atoms with E-state index in [2.05, 4.69) is 19.2 Å². The Morgan fingerprint density at radius 1 is 1.44 bits per heavy atom. The van der Waals surface area contributed by atoms with Gasteiger partial charge in [0.25, 0.3) is 0 Å². The number of ether oxygens (including phenoxy) is 1. The first-order valence-electron chi connectivity index (χ1n) is 7.05. The molecule has 4 heteroatoms. The highest BCUT2D eigenvalue weighted by Crippen LogP contribution is 2.20. The van der Waals surface area contributed by atoms with Gasteiger partial charge in [-0.05, 0) is 52.6 Å². The fourth-order valence-corrected chi connectivity index (χ4v) is 2.48. The van der Waals surface area contributed by atoms with Crippen molar-refractivity contribution in [3.8, 4) is 0 Å². The summed E-state index contributed by atoms with van der Waals surface area (Å²) in [5, 5.41) is 3.43. The first kappa shape index (κ1) is 15.3. The van der Waals surface area contributed by atoms with Gasteiger partial charge in [-0.1, -0.05) is 13.8 Å². The van der Waals surface area contributed by atoms with Gasteiger partial charge in [-0.2, -0.15) is 0 Å². The molecule has 0 radical (unpaired) electrons. The van der Waals surface area contributed by atoms with Crippen molar-refractivity contribution >= 4 is 6.09 Å². The van der Waals surface area contributed by atoms with Crippen molar-refractivity contribution in [1.82, 2.24) is 10.2 Å². The molecule has 0 spiro atoms. The molecule has 1 rings (SSSR count). The van der Waals surface area contributed by atoms with Crippen LogP contribution in [-0.4, -0.2) is 42.3 Å². The molecule has 4 nitrogen and oxygen atoms in total. The maximum Gasteiger partial charge on any atom is 0.410 e. The summed E-state index contributed by atoms with van der Waals surface area (Å²) in [6, 6.07) is 0.271. The van der Waals surface area contributed by atoms with Crippen LogP contribution in [-0.2, 0) is 4.74 Å². The summed E-state index contributed by atoms with van der Waals surface area (Å²) in [7, 11) is 0. The maximum atomic E-state index is 12.3. The Balaban J connectivity index is 2.75. The zero-order valence-corrected chi connectivity index (χ0v) is 12.5. The van der Waals surface area contributed by atoms with Gasteiger partial charge >= 0.3 is 6.09 Å². The zero-order chi connectivity index (χ0) is 13.8. The Labute approximate surface area is 111 Å². The Hall–Kier alpha value is -0.770. The van der Waals surface area contributed by atoms with Crippen LogP contribution in [0.5, 0.6) is 0 Å². The number of nitrogens with zero attached hydrogens (tertiary/aromatic N) is 1. The molecule has 0 aliphatic carbocycles. The summed E-state index contributed by atoms with van der Waals surface area (Å²) in [4.78, 5) is 14.2. The van der Waals surface area contributed by atoms with Gasteiger partial charge in [0.2, 0.25) is 0 Å². The summed E-state index contributed by atoms with van der Waals surface area (Å²) in [6.07, 6.45) is 1.80. The Morgan fingerprint density at radius 2 is 2.11 bits per heavy atom. The molecule has 0 aromatic heterocycles. The number of amides is 1. The van der Waals surface area contributed by atoms with Gasteiger partial charge in [0.05, 0.1) is 0 Å². The Morgan fingerprint density at radius 3 is 2.67 bits per heavy atom. The third kappa shape index (κ3) is 4.48. The van der Waals surface area contributed by atoms with Crippen LogP contribution in [0.1, 0.15) is 47.5 Å². The van der Waals surface area contributed by atoms with Gasteiger partial charge in [0.15, 0.2) is 0 Å². The normalized spacial score (nSPS) is 26.4. The lowest BCUT2D eigenvalue weighted by Gasteiger charge is -2.38. The molecular formula is C14H28N2O2. The number of hydrogen-bond donors (Lipinski definition) is 1. The van der Waals surface area contributed by atoms with Crippen LogP contribution in [0.4, 0.5) is 4.79 Å². The summed E-state index contributed by atoms with van der Waals surface area (Å²) in [6.45, 7) is 12.8. The quantitative estimate of drug-likeness (QED) is 0.784. The summed E-state index contributed by atoms with van der Waals surface area (Å²) in [5.41, 5.74) is -0.417. The molecule has 1 aliphatic heterocycles. The number of hydrogen-bond acceptors (Lipinski definition) is 3. The molecule has 2 unspecified atom stereocenters. The van der Waals surface area contributed by atoms with Crippen LogP contribution in [0.2, 0.25) is 0 Å². The largest absolute Gasteiger partial charge is 0.444 e. The second-order valence-corrected chi connectivity index (χ2v) is 6.18. The van der Waals surface area contributed by atoms with E-state index in [0.29, 0.717) is 5.92 Å². The van der Waals surface area contributed by atoms with Gasteiger partial charge in [-0.25, -0.2) is 4.79 Å². The smallest absolute Gasteiger partial charge is 0.410 e. The Bertz CT molecular complexity index is 273. The molecule has 1 amide bonds. The first-order valence-corrected chi connectivity index (χ1v) is 7.05. The van der Waals surface area contributed by atoms with Gasteiger partial charge in [-0.15, -0.1) is 0 Å². The molecular weight excluding hydrogens is 228 g/mol. The fourth-order valence-electron chi connectivity index (χ4n) is 2.48. The van der Waals surface area contributed by atoms with E-state index in [4.69, 9.17) is 4.74 Å². The average molecular weight is 256 g/mol. The number of rotatable bonds is 1. The van der Waals surface area contributed by atoms with Crippen LogP contribution in [0, 0.1) is 5.92 Å². The average Bonchev–Trinajstić information content (AvgIpc) is 2.21. The van der Waals surface area contributed by atoms with Crippen LogP contribution >= 0.6 is 0 Å². The van der Waals surface area contributed by atoms with Crippen molar-refractivity contribution in [2.45, 2.75) is 59.1 Å². The van der Waals surface area contributed by atoms with Crippen molar-refractivity contribution in [3.05, 3.63) is 0 Å². The lowest BCUT2D eigenvalue weighted by molar-refractivity contribution is 0.00776. The second-order valence-electron chi connectivity index (χ2n) is 6.18. The van der Waals surface area contributed by atoms with Crippen LogP contribution in [0.15, 0.2) is 0 Å². The molecule has 1 N–H and O–H groups in total. The molecule has 1 heterocycles. The monoisotopic (exact) mass is 256 g/mol. The van der Waals surface area contributed by atoms with Crippen molar-refractivity contribution in [2.75, 3.05) is 19.6 Å². The van der Waals surface area contributed by atoms with Crippen LogP contribution < -0.4 is 5.32 Å². The summed E-state index contributed by atoms with van der Waals surface area (Å²) in [5.74, 6) is 0.461.